The van der Waals surface area contributed by atoms with Crippen LogP contribution in [0.25, 0.3) is 11.6 Å². The predicted molar refractivity (Wildman–Crippen MR) is 66.7 cm³/mol. The fraction of sp³-hybridized carbons (Fsp3) is 0.200. The molecule has 0 saturated heterocycles. The van der Waals surface area contributed by atoms with Crippen molar-refractivity contribution in [3.8, 4) is 11.6 Å². The second-order valence-corrected chi connectivity index (χ2v) is 4.21. The fourth-order valence-corrected chi connectivity index (χ4v) is 1.75. The van der Waals surface area contributed by atoms with Crippen LogP contribution in [0.5, 0.6) is 0 Å². The van der Waals surface area contributed by atoms with Crippen molar-refractivity contribution in [2.45, 2.75) is 6.92 Å². The minimum atomic E-state index is 0.605. The summed E-state index contributed by atoms with van der Waals surface area (Å²) in [4.78, 5) is 8.57. The van der Waals surface area contributed by atoms with Crippen LogP contribution >= 0.6 is 22.6 Å². The standard InChI is InChI=1S/C10H10IN3O/c1-6-3-4-8(15-6)10-13-5-7(11)9(12-2)14-10/h3-5H,1-2H3,(H,12,13,14). The number of rotatable bonds is 2. The van der Waals surface area contributed by atoms with E-state index in [1.165, 1.54) is 0 Å². The first-order valence-electron chi connectivity index (χ1n) is 4.48. The molecule has 0 aliphatic rings. The highest BCUT2D eigenvalue weighted by Gasteiger charge is 2.08. The first-order chi connectivity index (χ1) is 7.20. The molecular formula is C10H10IN3O. The van der Waals surface area contributed by atoms with Crippen LogP contribution in [0.1, 0.15) is 5.76 Å². The van der Waals surface area contributed by atoms with Gasteiger partial charge in [-0.25, -0.2) is 9.97 Å². The number of hydrogen-bond acceptors (Lipinski definition) is 4. The van der Waals surface area contributed by atoms with Crippen molar-refractivity contribution in [3.05, 3.63) is 27.7 Å². The van der Waals surface area contributed by atoms with Crippen LogP contribution in [-0.4, -0.2) is 17.0 Å². The molecule has 5 heteroatoms. The third-order valence-electron chi connectivity index (χ3n) is 1.94. The van der Waals surface area contributed by atoms with E-state index in [9.17, 15) is 0 Å². The van der Waals surface area contributed by atoms with E-state index >= 15 is 0 Å². The minimum absolute atomic E-state index is 0.605. The molecule has 0 bridgehead atoms. The van der Waals surface area contributed by atoms with Gasteiger partial charge in [0.25, 0.3) is 0 Å². The molecule has 0 atom stereocenters. The molecule has 4 nitrogen and oxygen atoms in total. The summed E-state index contributed by atoms with van der Waals surface area (Å²) in [7, 11) is 1.83. The summed E-state index contributed by atoms with van der Waals surface area (Å²) in [6.45, 7) is 1.90. The molecule has 78 valence electrons. The first kappa shape index (κ1) is 10.4. The van der Waals surface area contributed by atoms with Crippen molar-refractivity contribution in [1.29, 1.82) is 0 Å². The molecular weight excluding hydrogens is 305 g/mol. The number of nitrogens with one attached hydrogen (secondary N) is 1. The Bertz CT molecular complexity index is 481. The van der Waals surface area contributed by atoms with Gasteiger partial charge in [0, 0.05) is 13.2 Å². The summed E-state index contributed by atoms with van der Waals surface area (Å²) in [5.41, 5.74) is 0. The van der Waals surface area contributed by atoms with Gasteiger partial charge in [0.15, 0.2) is 11.6 Å². The van der Waals surface area contributed by atoms with E-state index in [0.29, 0.717) is 11.6 Å². The van der Waals surface area contributed by atoms with E-state index in [4.69, 9.17) is 4.42 Å². The lowest BCUT2D eigenvalue weighted by Crippen LogP contribution is -1.98. The van der Waals surface area contributed by atoms with Gasteiger partial charge in [-0.15, -0.1) is 0 Å². The normalized spacial score (nSPS) is 10.3. The second-order valence-electron chi connectivity index (χ2n) is 3.05. The third-order valence-corrected chi connectivity index (χ3v) is 2.73. The van der Waals surface area contributed by atoms with Gasteiger partial charge in [-0.1, -0.05) is 0 Å². The molecule has 1 N–H and O–H groups in total. The average Bonchev–Trinajstić information content (AvgIpc) is 2.66. The zero-order valence-electron chi connectivity index (χ0n) is 8.41. The van der Waals surface area contributed by atoms with Gasteiger partial charge in [0.1, 0.15) is 11.6 Å². The highest BCUT2D eigenvalue weighted by Crippen LogP contribution is 2.21. The van der Waals surface area contributed by atoms with Crippen molar-refractivity contribution >= 4 is 28.4 Å². The van der Waals surface area contributed by atoms with Crippen LogP contribution in [0.4, 0.5) is 5.82 Å². The average molecular weight is 315 g/mol. The molecule has 0 aliphatic carbocycles. The molecule has 2 heterocycles. The van der Waals surface area contributed by atoms with Gasteiger partial charge in [-0.05, 0) is 41.6 Å². The summed E-state index contributed by atoms with van der Waals surface area (Å²) in [5.74, 6) is 2.97. The summed E-state index contributed by atoms with van der Waals surface area (Å²) < 4.78 is 6.44. The van der Waals surface area contributed by atoms with Crippen LogP contribution in [0.2, 0.25) is 0 Å². The predicted octanol–water partition coefficient (Wildman–Crippen LogP) is 2.69. The Labute approximate surface area is 101 Å². The van der Waals surface area contributed by atoms with E-state index in [1.807, 2.05) is 26.1 Å². The monoisotopic (exact) mass is 315 g/mol. The highest BCUT2D eigenvalue weighted by molar-refractivity contribution is 14.1. The third kappa shape index (κ3) is 2.11. The van der Waals surface area contributed by atoms with Crippen LogP contribution in [0.15, 0.2) is 22.7 Å². The first-order valence-corrected chi connectivity index (χ1v) is 5.55. The van der Waals surface area contributed by atoms with Crippen LogP contribution < -0.4 is 5.32 Å². The number of aromatic nitrogens is 2. The molecule has 2 aromatic heterocycles. The number of furan rings is 1. The smallest absolute Gasteiger partial charge is 0.197 e. The van der Waals surface area contributed by atoms with Crippen molar-refractivity contribution < 1.29 is 4.42 Å². The molecule has 2 rings (SSSR count). The van der Waals surface area contributed by atoms with Gasteiger partial charge in [0.2, 0.25) is 0 Å². The maximum Gasteiger partial charge on any atom is 0.197 e. The summed E-state index contributed by atoms with van der Waals surface area (Å²) in [6.07, 6.45) is 1.77. The molecule has 0 spiro atoms. The Morgan fingerprint density at radius 2 is 2.20 bits per heavy atom. The molecule has 0 radical (unpaired) electrons. The molecule has 15 heavy (non-hydrogen) atoms. The Morgan fingerprint density at radius 1 is 1.40 bits per heavy atom. The maximum absolute atomic E-state index is 5.45. The lowest BCUT2D eigenvalue weighted by molar-refractivity contribution is 0.544. The molecule has 0 amide bonds. The Kier molecular flexibility index (Phi) is 2.90. The number of nitrogens with zero attached hydrogens (tertiary/aromatic N) is 2. The lowest BCUT2D eigenvalue weighted by atomic mass is 10.4. The summed E-state index contributed by atoms with van der Waals surface area (Å²) >= 11 is 2.18. The summed E-state index contributed by atoms with van der Waals surface area (Å²) in [5, 5.41) is 3.01. The van der Waals surface area contributed by atoms with Gasteiger partial charge < -0.3 is 9.73 Å². The van der Waals surface area contributed by atoms with Crippen LogP contribution in [-0.2, 0) is 0 Å². The SMILES string of the molecule is CNc1nc(-c2ccc(C)o2)ncc1I. The topological polar surface area (TPSA) is 51.0 Å². The fourth-order valence-electron chi connectivity index (χ4n) is 1.22. The van der Waals surface area contributed by atoms with Gasteiger partial charge in [-0.2, -0.15) is 0 Å². The zero-order valence-corrected chi connectivity index (χ0v) is 10.6. The molecule has 0 aliphatic heterocycles. The van der Waals surface area contributed by atoms with E-state index in [2.05, 4.69) is 37.9 Å². The molecule has 0 aromatic carbocycles. The van der Waals surface area contributed by atoms with Crippen molar-refractivity contribution in [2.24, 2.45) is 0 Å². The van der Waals surface area contributed by atoms with Gasteiger partial charge in [0.05, 0.1) is 3.57 Å². The van der Waals surface area contributed by atoms with Crippen molar-refractivity contribution in [2.75, 3.05) is 12.4 Å². The Balaban J connectivity index is 2.45. The largest absolute Gasteiger partial charge is 0.458 e. The maximum atomic E-state index is 5.45. The number of halogens is 1. The second kappa shape index (κ2) is 4.18. The molecule has 2 aromatic rings. The summed E-state index contributed by atoms with van der Waals surface area (Å²) in [6, 6.07) is 3.77. The van der Waals surface area contributed by atoms with Crippen LogP contribution in [0, 0.1) is 10.5 Å². The minimum Gasteiger partial charge on any atom is -0.458 e. The van der Waals surface area contributed by atoms with Crippen LogP contribution in [0.3, 0.4) is 0 Å². The Hall–Kier alpha value is -1.11. The van der Waals surface area contributed by atoms with E-state index in [-0.39, 0.29) is 0 Å². The highest BCUT2D eigenvalue weighted by atomic mass is 127. The van der Waals surface area contributed by atoms with Gasteiger partial charge in [-0.3, -0.25) is 0 Å². The quantitative estimate of drug-likeness (QED) is 0.866. The van der Waals surface area contributed by atoms with E-state index < -0.39 is 0 Å². The lowest BCUT2D eigenvalue weighted by Gasteiger charge is -2.03. The van der Waals surface area contributed by atoms with E-state index in [0.717, 1.165) is 15.1 Å². The van der Waals surface area contributed by atoms with Gasteiger partial charge >= 0.3 is 0 Å². The number of anilines is 1. The molecule has 0 saturated carbocycles. The Morgan fingerprint density at radius 3 is 2.80 bits per heavy atom. The number of hydrogen-bond donors (Lipinski definition) is 1. The number of aryl methyl sites for hydroxylation is 1. The molecule has 0 unspecified atom stereocenters. The van der Waals surface area contributed by atoms with Crippen molar-refractivity contribution in [1.82, 2.24) is 9.97 Å². The van der Waals surface area contributed by atoms with E-state index in [1.54, 1.807) is 6.20 Å². The van der Waals surface area contributed by atoms with Crippen molar-refractivity contribution in [3.63, 3.8) is 0 Å². The zero-order chi connectivity index (χ0) is 10.8. The molecule has 0 fully saturated rings.